The summed E-state index contributed by atoms with van der Waals surface area (Å²) in [4.78, 5) is 0.371. The van der Waals surface area contributed by atoms with Crippen LogP contribution in [0.4, 0.5) is 0 Å². The lowest BCUT2D eigenvalue weighted by Gasteiger charge is -2.39. The van der Waals surface area contributed by atoms with E-state index in [4.69, 9.17) is 0 Å². The van der Waals surface area contributed by atoms with Gasteiger partial charge in [0, 0.05) is 6.04 Å². The van der Waals surface area contributed by atoms with Crippen LogP contribution in [0.3, 0.4) is 0 Å². The largest absolute Gasteiger partial charge is 0.240 e. The zero-order valence-corrected chi connectivity index (χ0v) is 14.3. The summed E-state index contributed by atoms with van der Waals surface area (Å²) in [5, 5.41) is 0. The van der Waals surface area contributed by atoms with E-state index in [1.165, 1.54) is 0 Å². The highest BCUT2D eigenvalue weighted by Gasteiger charge is 2.34. The van der Waals surface area contributed by atoms with Gasteiger partial charge in [-0.2, -0.15) is 0 Å². The number of rotatable bonds is 4. The van der Waals surface area contributed by atoms with Crippen molar-refractivity contribution in [1.82, 2.24) is 4.72 Å². The third-order valence-corrected chi connectivity index (χ3v) is 5.89. The molecule has 0 bridgehead atoms. The summed E-state index contributed by atoms with van der Waals surface area (Å²) in [6.45, 7) is 8.71. The fraction of sp³-hybridized carbons (Fsp3) is 0.647. The molecule has 0 radical (unpaired) electrons. The Bertz CT molecular complexity index is 575. The lowest BCUT2D eigenvalue weighted by atomic mass is 9.71. The van der Waals surface area contributed by atoms with Crippen molar-refractivity contribution in [2.75, 3.05) is 0 Å². The Hall–Kier alpha value is -0.870. The van der Waals surface area contributed by atoms with Gasteiger partial charge in [0.15, 0.2) is 0 Å². The van der Waals surface area contributed by atoms with Crippen LogP contribution in [-0.2, 0) is 16.4 Å². The third-order valence-electron chi connectivity index (χ3n) is 4.35. The Morgan fingerprint density at radius 1 is 1.19 bits per heavy atom. The van der Waals surface area contributed by atoms with Crippen LogP contribution in [-0.4, -0.2) is 14.5 Å². The summed E-state index contributed by atoms with van der Waals surface area (Å²) in [6.07, 6.45) is 3.91. The molecule has 1 N–H and O–H groups in total. The molecule has 0 saturated heterocycles. The van der Waals surface area contributed by atoms with Crippen molar-refractivity contribution < 1.29 is 8.42 Å². The predicted molar refractivity (Wildman–Crippen MR) is 86.7 cm³/mol. The van der Waals surface area contributed by atoms with Crippen molar-refractivity contribution in [3.8, 4) is 0 Å². The Labute approximate surface area is 129 Å². The molecule has 4 heteroatoms. The Kier molecular flexibility index (Phi) is 4.79. The molecule has 0 aliphatic heterocycles. The van der Waals surface area contributed by atoms with Gasteiger partial charge in [0.25, 0.3) is 0 Å². The third kappa shape index (κ3) is 4.30. The van der Waals surface area contributed by atoms with Crippen molar-refractivity contribution in [1.29, 1.82) is 0 Å². The summed E-state index contributed by atoms with van der Waals surface area (Å²) in [6, 6.07) is 7.24. The zero-order valence-electron chi connectivity index (χ0n) is 13.5. The molecule has 1 fully saturated rings. The van der Waals surface area contributed by atoms with E-state index < -0.39 is 10.0 Å². The molecule has 2 rings (SSSR count). The maximum atomic E-state index is 12.5. The van der Waals surface area contributed by atoms with E-state index in [-0.39, 0.29) is 11.5 Å². The minimum absolute atomic E-state index is 0.0413. The van der Waals surface area contributed by atoms with Gasteiger partial charge < -0.3 is 0 Å². The van der Waals surface area contributed by atoms with E-state index in [9.17, 15) is 8.42 Å². The number of nitrogens with one attached hydrogen (secondary N) is 1. The molecule has 21 heavy (non-hydrogen) atoms. The van der Waals surface area contributed by atoms with E-state index in [1.807, 2.05) is 12.1 Å². The monoisotopic (exact) mass is 309 g/mol. The summed E-state index contributed by atoms with van der Waals surface area (Å²) >= 11 is 0. The lowest BCUT2D eigenvalue weighted by molar-refractivity contribution is 0.163. The minimum Gasteiger partial charge on any atom is -0.208 e. The molecule has 1 aromatic rings. The van der Waals surface area contributed by atoms with Gasteiger partial charge in [0.05, 0.1) is 4.90 Å². The van der Waals surface area contributed by atoms with Crippen LogP contribution in [0.15, 0.2) is 29.2 Å². The standard InChI is InChI=1S/C17H27NO2S/c1-5-14-6-8-16(9-7-14)21(19,20)18-15-10-13(2)11-17(3,4)12-15/h6-9,13,15,18H,5,10-12H2,1-4H3. The highest BCUT2D eigenvalue weighted by Crippen LogP contribution is 2.38. The quantitative estimate of drug-likeness (QED) is 0.921. The van der Waals surface area contributed by atoms with Crippen LogP contribution in [0.5, 0.6) is 0 Å². The molecule has 0 aromatic heterocycles. The average molecular weight is 309 g/mol. The van der Waals surface area contributed by atoms with E-state index in [1.54, 1.807) is 12.1 Å². The molecule has 1 saturated carbocycles. The van der Waals surface area contributed by atoms with Gasteiger partial charge in [-0.15, -0.1) is 0 Å². The summed E-state index contributed by atoms with van der Waals surface area (Å²) in [7, 11) is -3.41. The lowest BCUT2D eigenvalue weighted by Crippen LogP contribution is -2.42. The van der Waals surface area contributed by atoms with Gasteiger partial charge in [-0.25, -0.2) is 13.1 Å². The minimum atomic E-state index is -3.41. The normalized spacial score (nSPS) is 25.7. The number of aryl methyl sites for hydroxylation is 1. The molecule has 0 spiro atoms. The fourth-order valence-electron chi connectivity index (χ4n) is 3.63. The first kappa shape index (κ1) is 16.5. The molecule has 0 heterocycles. The number of benzene rings is 1. The Balaban J connectivity index is 2.13. The first-order valence-electron chi connectivity index (χ1n) is 7.83. The SMILES string of the molecule is CCc1ccc(S(=O)(=O)NC2CC(C)CC(C)(C)C2)cc1. The second-order valence-corrected chi connectivity index (χ2v) is 8.94. The smallest absolute Gasteiger partial charge is 0.208 e. The van der Waals surface area contributed by atoms with Crippen LogP contribution in [0.2, 0.25) is 0 Å². The zero-order chi connectivity index (χ0) is 15.7. The van der Waals surface area contributed by atoms with Gasteiger partial charge in [-0.1, -0.05) is 39.8 Å². The van der Waals surface area contributed by atoms with Crippen molar-refractivity contribution in [3.63, 3.8) is 0 Å². The second-order valence-electron chi connectivity index (χ2n) is 7.23. The molecule has 118 valence electrons. The van der Waals surface area contributed by atoms with Gasteiger partial charge in [-0.3, -0.25) is 0 Å². The van der Waals surface area contributed by atoms with Crippen molar-refractivity contribution >= 4 is 10.0 Å². The van der Waals surface area contributed by atoms with E-state index >= 15 is 0 Å². The number of hydrogen-bond donors (Lipinski definition) is 1. The van der Waals surface area contributed by atoms with Gasteiger partial charge in [0.1, 0.15) is 0 Å². The molecule has 3 nitrogen and oxygen atoms in total. The van der Waals surface area contributed by atoms with E-state index in [2.05, 4.69) is 32.4 Å². The first-order chi connectivity index (χ1) is 9.72. The van der Waals surface area contributed by atoms with E-state index in [0.717, 1.165) is 31.2 Å². The first-order valence-corrected chi connectivity index (χ1v) is 9.31. The van der Waals surface area contributed by atoms with Crippen LogP contribution >= 0.6 is 0 Å². The van der Waals surface area contributed by atoms with Crippen LogP contribution in [0.1, 0.15) is 52.5 Å². The van der Waals surface area contributed by atoms with Crippen LogP contribution in [0, 0.1) is 11.3 Å². The molecule has 2 unspecified atom stereocenters. The maximum Gasteiger partial charge on any atom is 0.240 e. The Morgan fingerprint density at radius 3 is 2.33 bits per heavy atom. The van der Waals surface area contributed by atoms with Crippen LogP contribution in [0.25, 0.3) is 0 Å². The number of sulfonamides is 1. The molecular formula is C17H27NO2S. The Morgan fingerprint density at radius 2 is 1.81 bits per heavy atom. The summed E-state index contributed by atoms with van der Waals surface area (Å²) < 4.78 is 27.9. The van der Waals surface area contributed by atoms with Crippen molar-refractivity contribution in [3.05, 3.63) is 29.8 Å². The predicted octanol–water partition coefficient (Wildman–Crippen LogP) is 3.74. The van der Waals surface area contributed by atoms with Crippen LogP contribution < -0.4 is 4.72 Å². The highest BCUT2D eigenvalue weighted by molar-refractivity contribution is 7.89. The summed E-state index contributed by atoms with van der Waals surface area (Å²) in [5.41, 5.74) is 1.36. The fourth-order valence-corrected chi connectivity index (χ4v) is 4.88. The van der Waals surface area contributed by atoms with E-state index in [0.29, 0.717) is 10.8 Å². The summed E-state index contributed by atoms with van der Waals surface area (Å²) in [5.74, 6) is 0.559. The molecule has 1 aliphatic rings. The van der Waals surface area contributed by atoms with Gasteiger partial charge in [-0.05, 0) is 54.7 Å². The van der Waals surface area contributed by atoms with Gasteiger partial charge in [0.2, 0.25) is 10.0 Å². The molecule has 1 aliphatic carbocycles. The molecule has 0 amide bonds. The topological polar surface area (TPSA) is 46.2 Å². The highest BCUT2D eigenvalue weighted by atomic mass is 32.2. The molecule has 2 atom stereocenters. The average Bonchev–Trinajstić information content (AvgIpc) is 2.35. The number of hydrogen-bond acceptors (Lipinski definition) is 2. The van der Waals surface area contributed by atoms with Crippen molar-refractivity contribution in [2.24, 2.45) is 11.3 Å². The maximum absolute atomic E-state index is 12.5. The molecular weight excluding hydrogens is 282 g/mol. The second kappa shape index (κ2) is 6.09. The van der Waals surface area contributed by atoms with Gasteiger partial charge >= 0.3 is 0 Å². The molecule has 1 aromatic carbocycles. The van der Waals surface area contributed by atoms with Crippen molar-refractivity contribution in [2.45, 2.75) is 64.3 Å².